The number of carbonyl (C=O) groups is 1. The third-order valence-corrected chi connectivity index (χ3v) is 7.39. The third-order valence-electron chi connectivity index (χ3n) is 7.39. The van der Waals surface area contributed by atoms with Crippen LogP contribution < -0.4 is 20.7 Å². The average molecular weight is 542 g/mol. The summed E-state index contributed by atoms with van der Waals surface area (Å²) in [5, 5.41) is 14.1. The van der Waals surface area contributed by atoms with E-state index in [9.17, 15) is 13.6 Å². The predicted molar refractivity (Wildman–Crippen MR) is 141 cm³/mol. The summed E-state index contributed by atoms with van der Waals surface area (Å²) in [5.41, 5.74) is 1.23. The number of hydrogen-bond donors (Lipinski definition) is 3. The minimum Gasteiger partial charge on any atom is -0.476 e. The lowest BCUT2D eigenvalue weighted by Gasteiger charge is -2.36. The van der Waals surface area contributed by atoms with Gasteiger partial charge in [-0.2, -0.15) is 0 Å². The highest BCUT2D eigenvalue weighted by molar-refractivity contribution is 5.90. The Hall–Kier alpha value is -3.54. The molecule has 39 heavy (non-hydrogen) atoms. The Kier molecular flexibility index (Phi) is 8.10. The number of anilines is 1. The monoisotopic (exact) mass is 541 g/mol. The van der Waals surface area contributed by atoms with Crippen molar-refractivity contribution in [3.8, 4) is 11.6 Å². The Morgan fingerprint density at radius 3 is 2.69 bits per heavy atom. The second-order valence-electron chi connectivity index (χ2n) is 10.1. The van der Waals surface area contributed by atoms with Crippen LogP contribution in [-0.4, -0.2) is 68.0 Å². The third kappa shape index (κ3) is 5.75. The van der Waals surface area contributed by atoms with Crippen molar-refractivity contribution >= 4 is 11.8 Å². The predicted octanol–water partition coefficient (Wildman–Crippen LogP) is 3.77. The maximum atomic E-state index is 14.1. The summed E-state index contributed by atoms with van der Waals surface area (Å²) in [6, 6.07) is 12.9. The number of benzene rings is 2. The number of nitrogens with zero attached hydrogens (tertiary/aromatic N) is 2. The highest BCUT2D eigenvalue weighted by Crippen LogP contribution is 2.36. The highest BCUT2D eigenvalue weighted by atomic mass is 19.2. The number of halogens is 2. The number of methoxy groups -OCH3 is 1. The number of aromatic nitrogens is 2. The van der Waals surface area contributed by atoms with Crippen molar-refractivity contribution in [1.29, 1.82) is 0 Å². The van der Waals surface area contributed by atoms with E-state index in [-0.39, 0.29) is 5.92 Å². The van der Waals surface area contributed by atoms with Crippen molar-refractivity contribution in [2.45, 2.75) is 24.8 Å². The van der Waals surface area contributed by atoms with Crippen LogP contribution >= 0.6 is 0 Å². The van der Waals surface area contributed by atoms with Gasteiger partial charge in [0.25, 0.3) is 0 Å². The van der Waals surface area contributed by atoms with Crippen LogP contribution in [-0.2, 0) is 9.47 Å². The fraction of sp³-hybridized carbons (Fsp3) is 0.429. The van der Waals surface area contributed by atoms with E-state index in [4.69, 9.17) is 14.2 Å². The van der Waals surface area contributed by atoms with Gasteiger partial charge < -0.3 is 24.8 Å². The Bertz CT molecular complexity index is 1300. The molecule has 0 radical (unpaired) electrons. The zero-order chi connectivity index (χ0) is 27.4. The lowest BCUT2D eigenvalue weighted by Crippen LogP contribution is -2.55. The van der Waals surface area contributed by atoms with Crippen molar-refractivity contribution in [1.82, 2.24) is 20.4 Å². The molecule has 0 saturated carbocycles. The van der Waals surface area contributed by atoms with Crippen molar-refractivity contribution in [2.24, 2.45) is 5.92 Å². The Morgan fingerprint density at radius 2 is 2.00 bits per heavy atom. The van der Waals surface area contributed by atoms with Crippen LogP contribution in [0, 0.1) is 24.5 Å². The van der Waals surface area contributed by atoms with E-state index in [2.05, 4.69) is 21.0 Å². The van der Waals surface area contributed by atoms with E-state index in [1.807, 2.05) is 37.3 Å². The van der Waals surface area contributed by atoms with Crippen LogP contribution in [0.1, 0.15) is 23.5 Å². The van der Waals surface area contributed by atoms with Gasteiger partial charge in [0, 0.05) is 38.6 Å². The molecule has 3 aromatic rings. The molecule has 0 unspecified atom stereocenters. The molecule has 3 N–H and O–H groups in total. The van der Waals surface area contributed by atoms with Gasteiger partial charge >= 0.3 is 6.03 Å². The molecule has 2 aromatic carbocycles. The fourth-order valence-corrected chi connectivity index (χ4v) is 5.12. The molecule has 9 nitrogen and oxygen atoms in total. The minimum atomic E-state index is -0.923. The number of para-hydroxylation sites is 1. The first kappa shape index (κ1) is 27.0. The van der Waals surface area contributed by atoms with Crippen LogP contribution in [0.5, 0.6) is 5.88 Å². The van der Waals surface area contributed by atoms with Crippen LogP contribution in [0.3, 0.4) is 0 Å². The zero-order valence-electron chi connectivity index (χ0n) is 22.0. The van der Waals surface area contributed by atoms with E-state index < -0.39 is 23.2 Å². The van der Waals surface area contributed by atoms with Crippen molar-refractivity contribution in [2.75, 3.05) is 51.9 Å². The van der Waals surface area contributed by atoms with E-state index >= 15 is 0 Å². The minimum absolute atomic E-state index is 0.308. The summed E-state index contributed by atoms with van der Waals surface area (Å²) in [7, 11) is 1.59. The standard InChI is InChI=1S/C28H33F2N5O4/c1-18-25(35(21-6-4-3-5-7-21)34-26(18)39-16-19-14-38-15-19)32-27(36)33-28(10-11-37-2)17-31-13-22(28)20-8-9-23(29)24(30)12-20/h3-9,12,19,22,31H,10-11,13-17H2,1-2H3,(H2,32,33,36)/t22-,28+/m0/s1. The highest BCUT2D eigenvalue weighted by Gasteiger charge is 2.45. The smallest absolute Gasteiger partial charge is 0.320 e. The Morgan fingerprint density at radius 1 is 1.21 bits per heavy atom. The first-order valence-corrected chi connectivity index (χ1v) is 13.0. The van der Waals surface area contributed by atoms with Crippen LogP contribution in [0.4, 0.5) is 19.4 Å². The number of carbonyl (C=O) groups excluding carboxylic acids is 1. The Balaban J connectivity index is 1.41. The molecular weight excluding hydrogens is 508 g/mol. The van der Waals surface area contributed by atoms with Gasteiger partial charge in [0.2, 0.25) is 5.88 Å². The molecule has 2 aliphatic heterocycles. The average Bonchev–Trinajstić information content (AvgIpc) is 3.45. The number of hydrogen-bond acceptors (Lipinski definition) is 6. The van der Waals surface area contributed by atoms with Gasteiger partial charge in [-0.3, -0.25) is 5.32 Å². The molecule has 208 valence electrons. The van der Waals surface area contributed by atoms with E-state index in [0.29, 0.717) is 74.7 Å². The van der Waals surface area contributed by atoms with Gasteiger partial charge in [0.15, 0.2) is 11.6 Å². The maximum absolute atomic E-state index is 14.1. The van der Waals surface area contributed by atoms with Gasteiger partial charge in [-0.25, -0.2) is 18.3 Å². The largest absolute Gasteiger partial charge is 0.476 e. The molecule has 2 atom stereocenters. The summed E-state index contributed by atoms with van der Waals surface area (Å²) in [4.78, 5) is 13.6. The maximum Gasteiger partial charge on any atom is 0.320 e. The second kappa shape index (κ2) is 11.7. The fourth-order valence-electron chi connectivity index (χ4n) is 5.12. The zero-order valence-corrected chi connectivity index (χ0v) is 22.0. The van der Waals surface area contributed by atoms with Gasteiger partial charge in [-0.1, -0.05) is 24.3 Å². The quantitative estimate of drug-likeness (QED) is 0.362. The van der Waals surface area contributed by atoms with Crippen molar-refractivity contribution < 1.29 is 27.8 Å². The number of ether oxygens (including phenoxy) is 3. The Labute approximate surface area is 225 Å². The van der Waals surface area contributed by atoms with Crippen molar-refractivity contribution in [3.63, 3.8) is 0 Å². The van der Waals surface area contributed by atoms with Gasteiger partial charge in [0.05, 0.1) is 36.6 Å². The molecule has 0 bridgehead atoms. The lowest BCUT2D eigenvalue weighted by molar-refractivity contribution is -0.0515. The molecule has 2 saturated heterocycles. The molecule has 2 amide bonds. The summed E-state index contributed by atoms with van der Waals surface area (Å²) < 4.78 is 46.0. The lowest BCUT2D eigenvalue weighted by atomic mass is 9.79. The van der Waals surface area contributed by atoms with Crippen LogP contribution in [0.15, 0.2) is 48.5 Å². The number of nitrogens with one attached hydrogen (secondary N) is 3. The van der Waals surface area contributed by atoms with Crippen LogP contribution in [0.25, 0.3) is 5.69 Å². The molecule has 0 spiro atoms. The molecule has 0 aliphatic carbocycles. The summed E-state index contributed by atoms with van der Waals surface area (Å²) >= 11 is 0. The topological polar surface area (TPSA) is 98.7 Å². The van der Waals surface area contributed by atoms with E-state index in [0.717, 1.165) is 11.8 Å². The van der Waals surface area contributed by atoms with Crippen molar-refractivity contribution in [3.05, 3.63) is 71.3 Å². The van der Waals surface area contributed by atoms with Gasteiger partial charge in [-0.05, 0) is 43.2 Å². The summed E-state index contributed by atoms with van der Waals surface area (Å²) in [5.74, 6) is -0.932. The molecule has 11 heteroatoms. The molecule has 2 aliphatic rings. The number of rotatable bonds is 10. The molecule has 3 heterocycles. The summed E-state index contributed by atoms with van der Waals surface area (Å²) in [6.07, 6.45) is 0.461. The van der Waals surface area contributed by atoms with Gasteiger partial charge in [0.1, 0.15) is 5.82 Å². The first-order chi connectivity index (χ1) is 18.9. The normalized spacial score (nSPS) is 21.0. The second-order valence-corrected chi connectivity index (χ2v) is 10.1. The SMILES string of the molecule is COCC[C@@]1(NC(=O)Nc2c(C)c(OCC3COC3)nn2-c2ccccc2)CNC[C@H]1c1ccc(F)c(F)c1. The van der Waals surface area contributed by atoms with E-state index in [1.54, 1.807) is 17.9 Å². The molecule has 5 rings (SSSR count). The van der Waals surface area contributed by atoms with E-state index in [1.165, 1.54) is 6.07 Å². The first-order valence-electron chi connectivity index (χ1n) is 13.0. The molecule has 2 fully saturated rings. The molecular formula is C28H33F2N5O4. The summed E-state index contributed by atoms with van der Waals surface area (Å²) in [6.45, 7) is 4.91. The molecule has 1 aromatic heterocycles. The van der Waals surface area contributed by atoms with Gasteiger partial charge in [-0.15, -0.1) is 5.10 Å². The number of amides is 2. The number of urea groups is 1. The van der Waals surface area contributed by atoms with Crippen LogP contribution in [0.2, 0.25) is 0 Å².